The van der Waals surface area contributed by atoms with Gasteiger partial charge >= 0.3 is 0 Å². The smallest absolute Gasteiger partial charge is 0.107 e. The van der Waals surface area contributed by atoms with Crippen molar-refractivity contribution in [3.05, 3.63) is 63.4 Å². The van der Waals surface area contributed by atoms with Crippen LogP contribution in [0.2, 0.25) is 0 Å². The largest absolute Gasteiger partial charge is 0.384 e. The maximum atomic E-state index is 10.3. The molecule has 0 spiro atoms. The van der Waals surface area contributed by atoms with Crippen molar-refractivity contribution in [1.29, 1.82) is 0 Å². The third kappa shape index (κ3) is 2.73. The molecule has 0 aliphatic carbocycles. The molecule has 0 saturated carbocycles. The van der Waals surface area contributed by atoms with Crippen LogP contribution in [-0.2, 0) is 0 Å². The molecule has 1 unspecified atom stereocenters. The molecule has 0 aliphatic rings. The van der Waals surface area contributed by atoms with Gasteiger partial charge in [-0.3, -0.25) is 4.98 Å². The first-order valence-electron chi connectivity index (χ1n) is 5.43. The minimum absolute atomic E-state index is 0.641. The number of aromatic nitrogens is 1. The highest BCUT2D eigenvalue weighted by molar-refractivity contribution is 9.10. The van der Waals surface area contributed by atoms with Crippen LogP contribution in [-0.4, -0.2) is 10.1 Å². The lowest BCUT2D eigenvalue weighted by atomic mass is 10.0. The highest BCUT2D eigenvalue weighted by Crippen LogP contribution is 2.29. The summed E-state index contributed by atoms with van der Waals surface area (Å²) in [6.07, 6.45) is 2.84. The molecule has 0 aliphatic heterocycles. The third-order valence-corrected chi connectivity index (χ3v) is 3.35. The van der Waals surface area contributed by atoms with E-state index in [1.165, 1.54) is 0 Å². The number of benzene rings is 1. The fourth-order valence-corrected chi connectivity index (χ4v) is 2.47. The molecule has 1 aromatic heterocycles. The van der Waals surface area contributed by atoms with Crippen LogP contribution in [0.5, 0.6) is 0 Å². The van der Waals surface area contributed by atoms with Gasteiger partial charge in [-0.05, 0) is 36.6 Å². The molecule has 88 valence electrons. The zero-order valence-corrected chi connectivity index (χ0v) is 11.4. The lowest BCUT2D eigenvalue weighted by molar-refractivity contribution is 0.219. The van der Waals surface area contributed by atoms with E-state index in [4.69, 9.17) is 0 Å². The van der Waals surface area contributed by atoms with Crippen molar-refractivity contribution in [2.24, 2.45) is 0 Å². The molecule has 0 radical (unpaired) electrons. The van der Waals surface area contributed by atoms with Crippen molar-refractivity contribution >= 4 is 15.9 Å². The van der Waals surface area contributed by atoms with Gasteiger partial charge in [0.1, 0.15) is 6.10 Å². The summed E-state index contributed by atoms with van der Waals surface area (Å²) in [5.41, 5.74) is 3.89. The molecule has 1 atom stereocenters. The van der Waals surface area contributed by atoms with E-state index in [-0.39, 0.29) is 0 Å². The van der Waals surface area contributed by atoms with Gasteiger partial charge < -0.3 is 5.11 Å². The second-order valence-corrected chi connectivity index (χ2v) is 5.08. The van der Waals surface area contributed by atoms with Crippen LogP contribution in [0.25, 0.3) is 0 Å². The van der Waals surface area contributed by atoms with E-state index >= 15 is 0 Å². The summed E-state index contributed by atoms with van der Waals surface area (Å²) in [4.78, 5) is 4.10. The Morgan fingerprint density at radius 1 is 1.12 bits per heavy atom. The first kappa shape index (κ1) is 12.3. The zero-order chi connectivity index (χ0) is 12.4. The topological polar surface area (TPSA) is 33.1 Å². The number of hydrogen-bond donors (Lipinski definition) is 1. The van der Waals surface area contributed by atoms with Crippen LogP contribution in [0, 0.1) is 13.8 Å². The van der Waals surface area contributed by atoms with Gasteiger partial charge in [-0.15, -0.1) is 0 Å². The minimum atomic E-state index is -0.641. The van der Waals surface area contributed by atoms with Gasteiger partial charge in [0, 0.05) is 22.4 Å². The fraction of sp³-hybridized carbons (Fsp3) is 0.214. The van der Waals surface area contributed by atoms with E-state index in [9.17, 15) is 5.11 Å². The van der Waals surface area contributed by atoms with Gasteiger partial charge in [0.05, 0.1) is 0 Å². The number of pyridine rings is 1. The molecule has 1 N–H and O–H groups in total. The Balaban J connectivity index is 2.40. The molecule has 1 heterocycles. The van der Waals surface area contributed by atoms with Crippen molar-refractivity contribution in [3.8, 4) is 0 Å². The van der Waals surface area contributed by atoms with E-state index < -0.39 is 6.10 Å². The Hall–Kier alpha value is -1.19. The number of hydrogen-bond acceptors (Lipinski definition) is 2. The highest BCUT2D eigenvalue weighted by atomic mass is 79.9. The summed E-state index contributed by atoms with van der Waals surface area (Å²) < 4.78 is 0.923. The van der Waals surface area contributed by atoms with Crippen LogP contribution in [0.15, 0.2) is 41.1 Å². The van der Waals surface area contributed by atoms with Crippen LogP contribution in [0.4, 0.5) is 0 Å². The fourth-order valence-electron chi connectivity index (χ4n) is 1.76. The number of halogens is 1. The number of rotatable bonds is 2. The Kier molecular flexibility index (Phi) is 3.60. The number of aliphatic hydroxyl groups excluding tert-OH is 1. The molecule has 3 heteroatoms. The molecule has 0 saturated heterocycles. The maximum absolute atomic E-state index is 10.3. The highest BCUT2D eigenvalue weighted by Gasteiger charge is 2.13. The number of aliphatic hydroxyl groups is 1. The summed E-state index contributed by atoms with van der Waals surface area (Å²) in [5, 5.41) is 10.3. The normalized spacial score (nSPS) is 12.5. The summed E-state index contributed by atoms with van der Waals surface area (Å²) in [7, 11) is 0. The van der Waals surface area contributed by atoms with E-state index in [1.54, 1.807) is 12.4 Å². The molecular weight excluding hydrogens is 278 g/mol. The maximum Gasteiger partial charge on any atom is 0.107 e. The predicted octanol–water partition coefficient (Wildman–Crippen LogP) is 3.54. The van der Waals surface area contributed by atoms with Crippen LogP contribution in [0.3, 0.4) is 0 Å². The van der Waals surface area contributed by atoms with Crippen molar-refractivity contribution in [3.63, 3.8) is 0 Å². The van der Waals surface area contributed by atoms with Crippen LogP contribution < -0.4 is 0 Å². The minimum Gasteiger partial charge on any atom is -0.384 e. The third-order valence-electron chi connectivity index (χ3n) is 2.66. The Labute approximate surface area is 109 Å². The van der Waals surface area contributed by atoms with Gasteiger partial charge in [0.2, 0.25) is 0 Å². The van der Waals surface area contributed by atoms with Gasteiger partial charge in [-0.2, -0.15) is 0 Å². The molecule has 0 bridgehead atoms. The molecule has 2 aromatic rings. The molecule has 2 nitrogen and oxygen atoms in total. The van der Waals surface area contributed by atoms with Crippen molar-refractivity contribution in [1.82, 2.24) is 4.98 Å². The molecule has 1 aromatic carbocycles. The molecular formula is C14H14BrNO. The second kappa shape index (κ2) is 4.98. The van der Waals surface area contributed by atoms with Crippen molar-refractivity contribution < 1.29 is 5.11 Å². The monoisotopic (exact) mass is 291 g/mol. The average Bonchev–Trinajstić information content (AvgIpc) is 2.28. The van der Waals surface area contributed by atoms with Gasteiger partial charge in [0.25, 0.3) is 0 Å². The van der Waals surface area contributed by atoms with Crippen LogP contribution in [0.1, 0.15) is 28.4 Å². The Bertz CT molecular complexity index is 539. The second-order valence-electron chi connectivity index (χ2n) is 4.22. The van der Waals surface area contributed by atoms with Gasteiger partial charge in [0.15, 0.2) is 0 Å². The first-order chi connectivity index (χ1) is 8.08. The number of nitrogens with zero attached hydrogens (tertiary/aromatic N) is 1. The number of aryl methyl sites for hydroxylation is 2. The van der Waals surface area contributed by atoms with E-state index in [0.717, 1.165) is 26.7 Å². The predicted molar refractivity (Wildman–Crippen MR) is 71.9 cm³/mol. The molecule has 0 amide bonds. The van der Waals surface area contributed by atoms with E-state index in [2.05, 4.69) is 20.9 Å². The summed E-state index contributed by atoms with van der Waals surface area (Å²) in [6, 6.07) is 7.88. The lowest BCUT2D eigenvalue weighted by Crippen LogP contribution is -2.02. The van der Waals surface area contributed by atoms with E-state index in [1.807, 2.05) is 38.1 Å². The summed E-state index contributed by atoms with van der Waals surface area (Å²) in [5.74, 6) is 0. The van der Waals surface area contributed by atoms with Crippen molar-refractivity contribution in [2.45, 2.75) is 20.0 Å². The van der Waals surface area contributed by atoms with Gasteiger partial charge in [-0.25, -0.2) is 0 Å². The van der Waals surface area contributed by atoms with Crippen molar-refractivity contribution in [2.75, 3.05) is 0 Å². The van der Waals surface area contributed by atoms with E-state index in [0.29, 0.717) is 0 Å². The zero-order valence-electron chi connectivity index (χ0n) is 9.81. The summed E-state index contributed by atoms with van der Waals surface area (Å²) >= 11 is 3.48. The van der Waals surface area contributed by atoms with Gasteiger partial charge in [-0.1, -0.05) is 34.1 Å². The summed E-state index contributed by atoms with van der Waals surface area (Å²) in [6.45, 7) is 3.99. The van der Waals surface area contributed by atoms with Crippen LogP contribution >= 0.6 is 15.9 Å². The molecule has 2 rings (SSSR count). The Morgan fingerprint density at radius 3 is 2.53 bits per heavy atom. The quantitative estimate of drug-likeness (QED) is 0.918. The molecule has 17 heavy (non-hydrogen) atoms. The standard InChI is InChI=1S/C14H14BrNO/c1-9-3-4-12(13(15)6-9)14(17)11-5-10(2)7-16-8-11/h3-8,14,17H,1-2H3. The average molecular weight is 292 g/mol. The SMILES string of the molecule is Cc1cncc(C(O)c2ccc(C)cc2Br)c1. The molecule has 0 fully saturated rings. The Morgan fingerprint density at radius 2 is 1.88 bits per heavy atom. The first-order valence-corrected chi connectivity index (χ1v) is 6.23. The lowest BCUT2D eigenvalue weighted by Gasteiger charge is -2.14.